The average molecular weight is 1250 g/mol. The van der Waals surface area contributed by atoms with Crippen LogP contribution in [-0.2, 0) is 78.3 Å². The van der Waals surface area contributed by atoms with Gasteiger partial charge in [-0.1, -0.05) is 34.1 Å². The molecule has 0 aliphatic heterocycles. The van der Waals surface area contributed by atoms with E-state index < -0.39 is 232 Å². The van der Waals surface area contributed by atoms with Crippen LogP contribution in [0.4, 0.5) is 0 Å². The van der Waals surface area contributed by atoms with Crippen LogP contribution in [0.15, 0.2) is 12.5 Å². The molecular formula is C48H79N17O22. The molecule has 0 saturated heterocycles. The molecular weight excluding hydrogens is 1170 g/mol. The van der Waals surface area contributed by atoms with E-state index in [1.165, 1.54) is 33.3 Å². The Labute approximate surface area is 495 Å². The molecule has 0 bridgehead atoms. The SMILES string of the molecule is CC[C@H](C)[C@H](NC(=O)[C@H](CC(N)=O)NC(=O)[C@H](CO)NC(=O)[C@H](CO)NC(=O)[C@H](CO)NC(=O)CNC(=O)[C@@H](N)CO)C(=O)NCC(=O)N[C@@H](CO)C(=O)N[C@@H](CC(N)=O)C(=O)N[C@H](C(=O)N[C@H](C(=O)N[C@@H](Cc1cnc[nH]1)C(=O)O)C(C)C)[C@@H](C)O. The smallest absolute Gasteiger partial charge is 0.326 e. The molecule has 13 atom stereocenters. The van der Waals surface area contributed by atoms with Gasteiger partial charge < -0.3 is 122 Å². The Morgan fingerprint density at radius 3 is 1.21 bits per heavy atom. The molecule has 0 radical (unpaired) electrons. The number of carboxylic acid groups (broad SMARTS) is 1. The van der Waals surface area contributed by atoms with Crippen molar-refractivity contribution in [2.24, 2.45) is 29.0 Å². The summed E-state index contributed by atoms with van der Waals surface area (Å²) in [6.45, 7) is -0.0914. The second-order valence-corrected chi connectivity index (χ2v) is 19.8. The van der Waals surface area contributed by atoms with E-state index in [1.54, 1.807) is 6.92 Å². The van der Waals surface area contributed by atoms with Gasteiger partial charge in [-0.25, -0.2) is 9.78 Å². The van der Waals surface area contributed by atoms with E-state index in [1.807, 2.05) is 16.0 Å². The van der Waals surface area contributed by atoms with E-state index in [0.717, 1.165) is 6.92 Å². The number of carboxylic acids is 1. The van der Waals surface area contributed by atoms with Crippen LogP contribution in [0, 0.1) is 11.8 Å². The van der Waals surface area contributed by atoms with E-state index in [2.05, 4.69) is 57.8 Å². The summed E-state index contributed by atoms with van der Waals surface area (Å²) in [5.41, 5.74) is 16.3. The zero-order valence-electron chi connectivity index (χ0n) is 47.9. The number of aromatic amines is 1. The van der Waals surface area contributed by atoms with Crippen LogP contribution < -0.4 is 81.0 Å². The van der Waals surface area contributed by atoms with Gasteiger partial charge in [0, 0.05) is 18.3 Å². The quantitative estimate of drug-likeness (QED) is 0.0290. The van der Waals surface area contributed by atoms with Crippen LogP contribution in [0.25, 0.3) is 0 Å². The van der Waals surface area contributed by atoms with Crippen LogP contribution >= 0.6 is 0 Å². The van der Waals surface area contributed by atoms with Gasteiger partial charge in [0.25, 0.3) is 0 Å². The lowest BCUT2D eigenvalue weighted by molar-refractivity contribution is -0.142. The molecule has 0 fully saturated rings. The number of carbonyl (C=O) groups is 15. The number of nitrogens with two attached hydrogens (primary N) is 3. The minimum absolute atomic E-state index is 0.149. The van der Waals surface area contributed by atoms with E-state index in [9.17, 15) is 103 Å². The number of aliphatic carboxylic acids is 1. The molecule has 1 aromatic heterocycles. The molecule has 1 rings (SSSR count). The molecule has 39 heteroatoms. The predicted octanol–water partition coefficient (Wildman–Crippen LogP) is -13.8. The van der Waals surface area contributed by atoms with Crippen LogP contribution in [0.5, 0.6) is 0 Å². The summed E-state index contributed by atoms with van der Waals surface area (Å²) in [5, 5.41) is 94.4. The third-order valence-corrected chi connectivity index (χ3v) is 12.5. The second kappa shape index (κ2) is 38.1. The maximum absolute atomic E-state index is 13.6. The molecule has 488 valence electrons. The first-order valence-corrected chi connectivity index (χ1v) is 26.6. The zero-order chi connectivity index (χ0) is 66.4. The van der Waals surface area contributed by atoms with E-state index >= 15 is 0 Å². The highest BCUT2D eigenvalue weighted by Gasteiger charge is 2.38. The highest BCUT2D eigenvalue weighted by Crippen LogP contribution is 2.11. The molecule has 0 aliphatic carbocycles. The van der Waals surface area contributed by atoms with Gasteiger partial charge in [-0.2, -0.15) is 0 Å². The number of H-pyrrole nitrogens is 1. The van der Waals surface area contributed by atoms with Crippen molar-refractivity contribution in [3.8, 4) is 0 Å². The van der Waals surface area contributed by atoms with Crippen LogP contribution in [-0.4, -0.2) is 253 Å². The molecule has 14 amide bonds. The van der Waals surface area contributed by atoms with Crippen molar-refractivity contribution in [1.82, 2.24) is 73.8 Å². The highest BCUT2D eigenvalue weighted by molar-refractivity contribution is 6.00. The highest BCUT2D eigenvalue weighted by atomic mass is 16.4. The van der Waals surface area contributed by atoms with Crippen molar-refractivity contribution in [3.05, 3.63) is 18.2 Å². The van der Waals surface area contributed by atoms with Gasteiger partial charge in [-0.3, -0.25) is 67.1 Å². The van der Waals surface area contributed by atoms with Crippen LogP contribution in [0.1, 0.15) is 59.6 Å². The number of aliphatic hydroxyl groups is 6. The molecule has 0 saturated carbocycles. The van der Waals surface area contributed by atoms with Crippen molar-refractivity contribution in [2.45, 2.75) is 133 Å². The molecule has 26 N–H and O–H groups in total. The molecule has 87 heavy (non-hydrogen) atoms. The molecule has 1 aromatic rings. The van der Waals surface area contributed by atoms with Crippen molar-refractivity contribution < 1.29 is 108 Å². The first-order valence-electron chi connectivity index (χ1n) is 26.6. The summed E-state index contributed by atoms with van der Waals surface area (Å²) < 4.78 is 0. The maximum atomic E-state index is 13.6. The standard InChI is InChI=1S/C48H79N17O22/c1-6-20(4)36(64-39(77)24(8-31(50)72)59-43(81)29(16-69)62-44(82)30(17-70)61-42(80)28(15-68)57-33(74)11-53-38(76)23(49)13-66)45(83)54-12-34(75)56-27(14-67)41(79)58-25(9-32(51)73)40(78)65-37(21(5)71)47(85)63-35(19(2)3)46(84)60-26(48(86)87)7-22-10-52-18-55-22/h10,18-21,23-30,35-37,66-71H,6-9,11-17,49H2,1-5H3,(H2,50,72)(H2,51,73)(H,52,55)(H,53,76)(H,54,83)(H,56,75)(H,57,74)(H,58,79)(H,59,81)(H,60,84)(H,61,80)(H,62,82)(H,63,85)(H,64,77)(H,65,78)(H,86,87)/t20-,21+,23-,24-,25-,26-,27-,28-,29-,30-,35-,36-,37-/m0/s1. The Balaban J connectivity index is 3.12. The van der Waals surface area contributed by atoms with Crippen molar-refractivity contribution in [3.63, 3.8) is 0 Å². The molecule has 39 nitrogen and oxygen atoms in total. The Hall–Kier alpha value is -9.02. The number of aromatic nitrogens is 2. The third kappa shape index (κ3) is 26.4. The van der Waals surface area contributed by atoms with Gasteiger partial charge in [0.05, 0.1) is 71.4 Å². The summed E-state index contributed by atoms with van der Waals surface area (Å²) in [4.78, 5) is 200. The number of carbonyl (C=O) groups excluding carboxylic acids is 14. The van der Waals surface area contributed by atoms with Gasteiger partial charge in [-0.15, -0.1) is 0 Å². The average Bonchev–Trinajstić information content (AvgIpc) is 4.03. The third-order valence-electron chi connectivity index (χ3n) is 12.5. The lowest BCUT2D eigenvalue weighted by atomic mass is 9.97. The summed E-state index contributed by atoms with van der Waals surface area (Å²) in [6, 6.07) is -19.3. The topological polar surface area (TPSA) is 649 Å². The summed E-state index contributed by atoms with van der Waals surface area (Å²) in [7, 11) is 0. The Morgan fingerprint density at radius 2 is 0.851 bits per heavy atom. The van der Waals surface area contributed by atoms with E-state index in [0.29, 0.717) is 5.69 Å². The van der Waals surface area contributed by atoms with E-state index in [4.69, 9.17) is 22.3 Å². The molecule has 1 heterocycles. The first kappa shape index (κ1) is 76.0. The number of rotatable bonds is 40. The number of nitrogens with one attached hydrogen (secondary N) is 13. The minimum atomic E-state index is -1.99. The predicted molar refractivity (Wildman–Crippen MR) is 292 cm³/mol. The summed E-state index contributed by atoms with van der Waals surface area (Å²) >= 11 is 0. The van der Waals surface area contributed by atoms with Gasteiger partial charge >= 0.3 is 5.97 Å². The van der Waals surface area contributed by atoms with E-state index in [-0.39, 0.29) is 12.8 Å². The lowest BCUT2D eigenvalue weighted by Gasteiger charge is -2.28. The molecule has 0 spiro atoms. The van der Waals surface area contributed by atoms with Gasteiger partial charge in [0.2, 0.25) is 82.7 Å². The van der Waals surface area contributed by atoms with Gasteiger partial charge in [-0.05, 0) is 18.8 Å². The lowest BCUT2D eigenvalue weighted by Crippen LogP contribution is -2.62. The largest absolute Gasteiger partial charge is 0.480 e. The fraction of sp³-hybridized carbons (Fsp3) is 0.625. The van der Waals surface area contributed by atoms with Gasteiger partial charge in [0.1, 0.15) is 66.5 Å². The zero-order valence-corrected chi connectivity index (χ0v) is 47.9. The van der Waals surface area contributed by atoms with Crippen LogP contribution in [0.3, 0.4) is 0 Å². The number of hydrogen-bond donors (Lipinski definition) is 23. The number of amides is 14. The monoisotopic (exact) mass is 1250 g/mol. The van der Waals surface area contributed by atoms with Crippen molar-refractivity contribution in [2.75, 3.05) is 46.1 Å². The fourth-order valence-electron chi connectivity index (χ4n) is 7.31. The molecule has 0 aliphatic rings. The Morgan fingerprint density at radius 1 is 0.483 bits per heavy atom. The number of aliphatic hydroxyl groups excluding tert-OH is 6. The summed E-state index contributed by atoms with van der Waals surface area (Å²) in [6.07, 6.45) is -1.11. The molecule has 0 unspecified atom stereocenters. The van der Waals surface area contributed by atoms with Gasteiger partial charge in [0.15, 0.2) is 0 Å². The second-order valence-electron chi connectivity index (χ2n) is 19.8. The van der Waals surface area contributed by atoms with Crippen molar-refractivity contribution in [1.29, 1.82) is 0 Å². The normalized spacial score (nSPS) is 15.5. The minimum Gasteiger partial charge on any atom is -0.480 e. The number of imidazole rings is 1. The Bertz CT molecular complexity index is 2570. The molecule has 0 aromatic carbocycles. The Kier molecular flexibility index (Phi) is 33.3. The summed E-state index contributed by atoms with van der Waals surface area (Å²) in [5.74, 6) is -19.6. The number of hydrogen-bond acceptors (Lipinski definition) is 23. The maximum Gasteiger partial charge on any atom is 0.326 e. The van der Waals surface area contributed by atoms with Crippen LogP contribution in [0.2, 0.25) is 0 Å². The fourth-order valence-corrected chi connectivity index (χ4v) is 7.31. The first-order chi connectivity index (χ1) is 40.8. The number of primary amides is 2. The number of nitrogens with zero attached hydrogens (tertiary/aromatic N) is 1. The van der Waals surface area contributed by atoms with Crippen molar-refractivity contribution >= 4 is 88.7 Å².